The number of amidine groups is 1. The fourth-order valence-electron chi connectivity index (χ4n) is 3.32. The second-order valence-electron chi connectivity index (χ2n) is 6.25. The topological polar surface area (TPSA) is 59.0 Å². The predicted octanol–water partition coefficient (Wildman–Crippen LogP) is 3.79. The number of ether oxygens (including phenoxy) is 1. The van der Waals surface area contributed by atoms with Gasteiger partial charge in [0.2, 0.25) is 5.91 Å². The number of benzene rings is 2. The molecule has 1 fully saturated rings. The van der Waals surface area contributed by atoms with Crippen molar-refractivity contribution in [2.75, 3.05) is 12.4 Å². The largest absolute Gasteiger partial charge is 0.463 e. The highest BCUT2D eigenvalue weighted by atomic mass is 32.2. The lowest BCUT2D eigenvalue weighted by Gasteiger charge is -2.33. The first-order chi connectivity index (χ1) is 13.6. The van der Waals surface area contributed by atoms with Gasteiger partial charge in [-0.1, -0.05) is 54.2 Å². The minimum atomic E-state index is -0.718. The zero-order chi connectivity index (χ0) is 19.7. The van der Waals surface area contributed by atoms with Crippen LogP contribution in [0.5, 0.6) is 0 Å². The van der Waals surface area contributed by atoms with E-state index in [9.17, 15) is 14.0 Å². The zero-order valence-electron chi connectivity index (χ0n) is 15.1. The highest BCUT2D eigenvalue weighted by molar-refractivity contribution is 8.15. The Balaban J connectivity index is 1.96. The highest BCUT2D eigenvalue weighted by Crippen LogP contribution is 2.43. The molecule has 5 nitrogen and oxygen atoms in total. The molecular formula is C21H17FN2O3S. The number of thioether (sulfide) groups is 1. The number of esters is 1. The van der Waals surface area contributed by atoms with Crippen LogP contribution in [0.2, 0.25) is 0 Å². The zero-order valence-corrected chi connectivity index (χ0v) is 15.9. The first-order valence-corrected chi connectivity index (χ1v) is 9.84. The Morgan fingerprint density at radius 2 is 1.93 bits per heavy atom. The molecule has 1 saturated heterocycles. The van der Waals surface area contributed by atoms with Crippen LogP contribution in [-0.2, 0) is 14.3 Å². The van der Waals surface area contributed by atoms with Crippen molar-refractivity contribution in [1.29, 1.82) is 0 Å². The molecule has 2 heterocycles. The number of fused-ring (bicyclic) bond motifs is 1. The van der Waals surface area contributed by atoms with Crippen LogP contribution in [0.15, 0.2) is 65.2 Å². The van der Waals surface area contributed by atoms with Crippen LogP contribution in [0.1, 0.15) is 24.1 Å². The summed E-state index contributed by atoms with van der Waals surface area (Å²) in [7, 11) is 0. The molecule has 0 unspecified atom stereocenters. The monoisotopic (exact) mass is 396 g/mol. The van der Waals surface area contributed by atoms with Gasteiger partial charge in [-0.15, -0.1) is 0 Å². The number of carbonyl (C=O) groups is 2. The van der Waals surface area contributed by atoms with Crippen LogP contribution in [0, 0.1) is 5.82 Å². The van der Waals surface area contributed by atoms with Gasteiger partial charge in [0.05, 0.1) is 29.7 Å². The lowest BCUT2D eigenvalue weighted by molar-refractivity contribution is -0.139. The van der Waals surface area contributed by atoms with Gasteiger partial charge in [-0.05, 0) is 24.6 Å². The van der Waals surface area contributed by atoms with Crippen LogP contribution in [-0.4, -0.2) is 34.3 Å². The van der Waals surface area contributed by atoms with E-state index in [1.165, 1.54) is 28.8 Å². The summed E-state index contributed by atoms with van der Waals surface area (Å²) >= 11 is 1.33. The molecule has 4 rings (SSSR count). The van der Waals surface area contributed by atoms with Gasteiger partial charge in [-0.25, -0.2) is 14.2 Å². The molecule has 0 aromatic heterocycles. The van der Waals surface area contributed by atoms with Crippen LogP contribution in [0.4, 0.5) is 4.39 Å². The van der Waals surface area contributed by atoms with E-state index in [2.05, 4.69) is 4.99 Å². The molecule has 1 amide bonds. The van der Waals surface area contributed by atoms with Crippen molar-refractivity contribution in [3.63, 3.8) is 0 Å². The smallest absolute Gasteiger partial charge is 0.338 e. The van der Waals surface area contributed by atoms with E-state index in [1.807, 2.05) is 30.3 Å². The van der Waals surface area contributed by atoms with Gasteiger partial charge in [0.15, 0.2) is 5.17 Å². The Labute approximate surface area is 165 Å². The van der Waals surface area contributed by atoms with E-state index in [0.29, 0.717) is 16.4 Å². The van der Waals surface area contributed by atoms with E-state index in [-0.39, 0.29) is 29.7 Å². The van der Waals surface area contributed by atoms with Crippen molar-refractivity contribution in [3.8, 4) is 0 Å². The summed E-state index contributed by atoms with van der Waals surface area (Å²) in [5, 5.41) is 0.534. The van der Waals surface area contributed by atoms with Gasteiger partial charge in [0.1, 0.15) is 5.82 Å². The summed E-state index contributed by atoms with van der Waals surface area (Å²) < 4.78 is 18.8. The summed E-state index contributed by atoms with van der Waals surface area (Å²) in [6.07, 6.45) is 0. The van der Waals surface area contributed by atoms with Gasteiger partial charge in [-0.3, -0.25) is 9.69 Å². The third kappa shape index (κ3) is 3.22. The van der Waals surface area contributed by atoms with E-state index in [4.69, 9.17) is 4.74 Å². The Morgan fingerprint density at radius 1 is 1.21 bits per heavy atom. The Hall–Kier alpha value is -2.93. The number of carbonyl (C=O) groups excluding carboxylic acids is 2. The third-order valence-corrected chi connectivity index (χ3v) is 5.46. The molecule has 0 aliphatic carbocycles. The SMILES string of the molecule is CCOC(=O)C1=C(c2ccccc2)N=C2SCC(=O)N2[C@@H]1c1ccc(F)cc1. The van der Waals surface area contributed by atoms with Crippen molar-refractivity contribution >= 4 is 34.5 Å². The van der Waals surface area contributed by atoms with Gasteiger partial charge in [0, 0.05) is 5.56 Å². The maximum atomic E-state index is 13.5. The minimum absolute atomic E-state index is 0.146. The van der Waals surface area contributed by atoms with Gasteiger partial charge in [-0.2, -0.15) is 0 Å². The molecule has 0 bridgehead atoms. The maximum Gasteiger partial charge on any atom is 0.338 e. The quantitative estimate of drug-likeness (QED) is 0.738. The average Bonchev–Trinajstić information content (AvgIpc) is 3.09. The summed E-state index contributed by atoms with van der Waals surface area (Å²) in [6, 6.07) is 14.4. The number of amides is 1. The van der Waals surface area contributed by atoms with Gasteiger partial charge < -0.3 is 4.74 Å². The number of hydrogen-bond donors (Lipinski definition) is 0. The second-order valence-corrected chi connectivity index (χ2v) is 7.19. The molecule has 0 spiro atoms. The van der Waals surface area contributed by atoms with Crippen LogP contribution < -0.4 is 0 Å². The third-order valence-electron chi connectivity index (χ3n) is 4.52. The second kappa shape index (κ2) is 7.59. The molecule has 28 heavy (non-hydrogen) atoms. The Bertz CT molecular complexity index is 986. The average molecular weight is 396 g/mol. The normalized spacial score (nSPS) is 18.8. The van der Waals surface area contributed by atoms with Crippen molar-refractivity contribution in [2.24, 2.45) is 4.99 Å². The summed E-state index contributed by atoms with van der Waals surface area (Å²) in [5.41, 5.74) is 2.13. The van der Waals surface area contributed by atoms with Crippen LogP contribution >= 0.6 is 11.8 Å². The van der Waals surface area contributed by atoms with E-state index >= 15 is 0 Å². The van der Waals surface area contributed by atoms with E-state index in [1.54, 1.807) is 19.1 Å². The van der Waals surface area contributed by atoms with Gasteiger partial charge >= 0.3 is 5.97 Å². The first-order valence-electron chi connectivity index (χ1n) is 8.86. The molecule has 0 saturated carbocycles. The highest BCUT2D eigenvalue weighted by Gasteiger charge is 2.44. The van der Waals surface area contributed by atoms with E-state index < -0.39 is 12.0 Å². The summed E-state index contributed by atoms with van der Waals surface area (Å²) in [4.78, 5) is 31.7. The molecule has 0 radical (unpaired) electrons. The van der Waals surface area contributed by atoms with Crippen LogP contribution in [0.3, 0.4) is 0 Å². The molecule has 2 aromatic carbocycles. The molecule has 2 aliphatic rings. The summed E-state index contributed by atoms with van der Waals surface area (Å²) in [6.45, 7) is 1.92. The Kier molecular flexibility index (Phi) is 5.00. The van der Waals surface area contributed by atoms with Gasteiger partial charge in [0.25, 0.3) is 0 Å². The maximum absolute atomic E-state index is 13.5. The first kappa shape index (κ1) is 18.4. The molecule has 7 heteroatoms. The molecule has 142 valence electrons. The molecule has 1 atom stereocenters. The van der Waals surface area contributed by atoms with Crippen molar-refractivity contribution < 1.29 is 18.7 Å². The number of rotatable bonds is 4. The van der Waals surface area contributed by atoms with Crippen molar-refractivity contribution in [3.05, 3.63) is 77.1 Å². The molecule has 0 N–H and O–H groups in total. The number of halogens is 1. The molecular weight excluding hydrogens is 379 g/mol. The van der Waals surface area contributed by atoms with Crippen molar-refractivity contribution in [1.82, 2.24) is 4.90 Å². The Morgan fingerprint density at radius 3 is 2.61 bits per heavy atom. The molecule has 2 aliphatic heterocycles. The lowest BCUT2D eigenvalue weighted by Crippen LogP contribution is -2.39. The summed E-state index contributed by atoms with van der Waals surface area (Å²) in [5.74, 6) is -0.829. The lowest BCUT2D eigenvalue weighted by atomic mass is 9.92. The fourth-order valence-corrected chi connectivity index (χ4v) is 4.21. The number of aliphatic imine (C=N–C) groups is 1. The van der Waals surface area contributed by atoms with Crippen LogP contribution in [0.25, 0.3) is 5.70 Å². The van der Waals surface area contributed by atoms with E-state index in [0.717, 1.165) is 5.56 Å². The molecule has 2 aromatic rings. The standard InChI is InChI=1S/C21H17FN2O3S/c1-2-27-20(26)17-18(13-6-4-3-5-7-13)23-21-24(16(25)12-28-21)19(17)14-8-10-15(22)11-9-14/h3-11,19H,2,12H2,1H3/t19-/m1/s1. The number of nitrogens with zero attached hydrogens (tertiary/aromatic N) is 2. The number of hydrogen-bond acceptors (Lipinski definition) is 5. The predicted molar refractivity (Wildman–Crippen MR) is 106 cm³/mol. The minimum Gasteiger partial charge on any atom is -0.463 e. The fraction of sp³-hybridized carbons (Fsp3) is 0.190. The van der Waals surface area contributed by atoms with Crippen molar-refractivity contribution in [2.45, 2.75) is 13.0 Å².